The van der Waals surface area contributed by atoms with Gasteiger partial charge in [-0.3, -0.25) is 4.79 Å². The monoisotopic (exact) mass is 287 g/mol. The summed E-state index contributed by atoms with van der Waals surface area (Å²) in [6.07, 6.45) is 1.87. The number of carbonyl (C=O) groups is 3. The minimum atomic E-state index is -1.22. The zero-order valence-electron chi connectivity index (χ0n) is 11.5. The number of likely N-dealkylation sites (N-methyl/N-ethyl adjacent to an activating group) is 1. The van der Waals surface area contributed by atoms with Gasteiger partial charge in [-0.05, 0) is 12.8 Å². The molecule has 1 rings (SSSR count). The zero-order chi connectivity index (χ0) is 15.1. The number of aliphatic carboxylic acids is 1. The standard InChI is InChI=1S/C12H21N3O5/c1-14(8-10(17)15-5-2-3-6-15)12(20)13-9(4-7-16)11(18)19/h9,16H,2-8H2,1H3,(H,13,20)(H,18,19)/t9-/m0/s1. The molecule has 1 heterocycles. The van der Waals surface area contributed by atoms with Gasteiger partial charge in [0.2, 0.25) is 5.91 Å². The molecule has 8 heteroatoms. The van der Waals surface area contributed by atoms with Crippen LogP contribution < -0.4 is 5.32 Å². The third-order valence-electron chi connectivity index (χ3n) is 3.19. The van der Waals surface area contributed by atoms with Crippen LogP contribution in [-0.2, 0) is 9.59 Å². The Balaban J connectivity index is 2.44. The van der Waals surface area contributed by atoms with E-state index in [0.717, 1.165) is 17.7 Å². The minimum absolute atomic E-state index is 0.0744. The molecular weight excluding hydrogens is 266 g/mol. The molecule has 0 saturated carbocycles. The van der Waals surface area contributed by atoms with E-state index in [0.29, 0.717) is 13.1 Å². The van der Waals surface area contributed by atoms with E-state index in [1.165, 1.54) is 7.05 Å². The Labute approximate surface area is 117 Å². The van der Waals surface area contributed by atoms with E-state index in [-0.39, 0.29) is 25.5 Å². The molecule has 0 aromatic carbocycles. The van der Waals surface area contributed by atoms with E-state index >= 15 is 0 Å². The third-order valence-corrected chi connectivity index (χ3v) is 3.19. The lowest BCUT2D eigenvalue weighted by Crippen LogP contribution is -2.49. The predicted molar refractivity (Wildman–Crippen MR) is 70.1 cm³/mol. The molecule has 3 N–H and O–H groups in total. The average molecular weight is 287 g/mol. The maximum absolute atomic E-state index is 11.9. The van der Waals surface area contributed by atoms with Crippen molar-refractivity contribution in [2.24, 2.45) is 0 Å². The number of nitrogens with zero attached hydrogens (tertiary/aromatic N) is 2. The topological polar surface area (TPSA) is 110 Å². The highest BCUT2D eigenvalue weighted by Crippen LogP contribution is 2.07. The summed E-state index contributed by atoms with van der Waals surface area (Å²) in [6.45, 7) is 0.984. The van der Waals surface area contributed by atoms with Gasteiger partial charge in [0.05, 0.1) is 0 Å². The molecule has 0 spiro atoms. The molecular formula is C12H21N3O5. The summed E-state index contributed by atoms with van der Waals surface area (Å²) >= 11 is 0. The van der Waals surface area contributed by atoms with Gasteiger partial charge in [0.25, 0.3) is 0 Å². The number of nitrogens with one attached hydrogen (secondary N) is 1. The van der Waals surface area contributed by atoms with E-state index in [1.54, 1.807) is 4.90 Å². The van der Waals surface area contributed by atoms with Crippen molar-refractivity contribution in [3.63, 3.8) is 0 Å². The van der Waals surface area contributed by atoms with Crippen molar-refractivity contribution in [1.29, 1.82) is 0 Å². The van der Waals surface area contributed by atoms with Crippen molar-refractivity contribution in [2.75, 3.05) is 33.3 Å². The van der Waals surface area contributed by atoms with Gasteiger partial charge >= 0.3 is 12.0 Å². The van der Waals surface area contributed by atoms with Gasteiger partial charge in [-0.1, -0.05) is 0 Å². The molecule has 0 aliphatic carbocycles. The van der Waals surface area contributed by atoms with Gasteiger partial charge < -0.3 is 25.3 Å². The molecule has 114 valence electrons. The molecule has 0 radical (unpaired) electrons. The molecule has 3 amide bonds. The Morgan fingerprint density at radius 3 is 2.40 bits per heavy atom. The second-order valence-electron chi connectivity index (χ2n) is 4.80. The van der Waals surface area contributed by atoms with Crippen molar-refractivity contribution in [3.8, 4) is 0 Å². The van der Waals surface area contributed by atoms with E-state index < -0.39 is 18.0 Å². The first-order valence-corrected chi connectivity index (χ1v) is 6.58. The van der Waals surface area contributed by atoms with Crippen molar-refractivity contribution in [1.82, 2.24) is 15.1 Å². The molecule has 0 bridgehead atoms. The largest absolute Gasteiger partial charge is 0.480 e. The summed E-state index contributed by atoms with van der Waals surface area (Å²) in [5, 5.41) is 19.9. The summed E-state index contributed by atoms with van der Waals surface area (Å²) in [6, 6.07) is -1.80. The number of hydrogen-bond acceptors (Lipinski definition) is 4. The summed E-state index contributed by atoms with van der Waals surface area (Å²) in [5.41, 5.74) is 0. The van der Waals surface area contributed by atoms with Crippen LogP contribution in [0.5, 0.6) is 0 Å². The number of carboxylic acids is 1. The van der Waals surface area contributed by atoms with Crippen LogP contribution in [0.1, 0.15) is 19.3 Å². The number of aliphatic hydroxyl groups is 1. The molecule has 1 fully saturated rings. The summed E-state index contributed by atoms with van der Waals surface area (Å²) in [5.74, 6) is -1.36. The molecule has 0 unspecified atom stereocenters. The number of rotatable bonds is 6. The lowest BCUT2D eigenvalue weighted by Gasteiger charge is -2.23. The number of urea groups is 1. The van der Waals surface area contributed by atoms with Gasteiger partial charge in [-0.25, -0.2) is 9.59 Å². The van der Waals surface area contributed by atoms with Crippen molar-refractivity contribution < 1.29 is 24.6 Å². The molecule has 20 heavy (non-hydrogen) atoms. The first kappa shape index (κ1) is 16.2. The Bertz CT molecular complexity index is 368. The van der Waals surface area contributed by atoms with Crippen molar-refractivity contribution >= 4 is 17.9 Å². The van der Waals surface area contributed by atoms with Crippen LogP contribution in [0, 0.1) is 0 Å². The fraction of sp³-hybridized carbons (Fsp3) is 0.750. The van der Waals surface area contributed by atoms with Gasteiger partial charge in [0.15, 0.2) is 0 Å². The van der Waals surface area contributed by atoms with Gasteiger partial charge in [0.1, 0.15) is 12.6 Å². The number of likely N-dealkylation sites (tertiary alicyclic amines) is 1. The van der Waals surface area contributed by atoms with Crippen molar-refractivity contribution in [3.05, 3.63) is 0 Å². The lowest BCUT2D eigenvalue weighted by molar-refractivity contribution is -0.139. The van der Waals surface area contributed by atoms with Crippen LogP contribution in [0.4, 0.5) is 4.79 Å². The fourth-order valence-electron chi connectivity index (χ4n) is 1.99. The highest BCUT2D eigenvalue weighted by Gasteiger charge is 2.24. The van der Waals surface area contributed by atoms with E-state index in [9.17, 15) is 14.4 Å². The fourth-order valence-corrected chi connectivity index (χ4v) is 1.99. The molecule has 1 atom stereocenters. The second-order valence-corrected chi connectivity index (χ2v) is 4.80. The minimum Gasteiger partial charge on any atom is -0.480 e. The van der Waals surface area contributed by atoms with E-state index in [2.05, 4.69) is 5.32 Å². The molecule has 1 saturated heterocycles. The molecule has 0 aromatic rings. The number of amides is 3. The highest BCUT2D eigenvalue weighted by molar-refractivity contribution is 5.86. The van der Waals surface area contributed by atoms with Gasteiger partial charge in [-0.2, -0.15) is 0 Å². The van der Waals surface area contributed by atoms with Crippen LogP contribution in [0.25, 0.3) is 0 Å². The third kappa shape index (κ3) is 4.69. The van der Waals surface area contributed by atoms with Crippen LogP contribution in [0.3, 0.4) is 0 Å². The Kier molecular flexibility index (Phi) is 6.23. The summed E-state index contributed by atoms with van der Waals surface area (Å²) in [4.78, 5) is 37.3. The van der Waals surface area contributed by atoms with Crippen LogP contribution in [0.2, 0.25) is 0 Å². The summed E-state index contributed by atoms with van der Waals surface area (Å²) in [7, 11) is 1.43. The Morgan fingerprint density at radius 1 is 1.30 bits per heavy atom. The quantitative estimate of drug-likeness (QED) is 0.585. The molecule has 1 aliphatic heterocycles. The first-order chi connectivity index (χ1) is 9.45. The SMILES string of the molecule is CN(CC(=O)N1CCCC1)C(=O)N[C@@H](CCO)C(=O)O. The number of hydrogen-bond donors (Lipinski definition) is 3. The lowest BCUT2D eigenvalue weighted by atomic mass is 10.2. The molecule has 8 nitrogen and oxygen atoms in total. The molecule has 1 aliphatic rings. The van der Waals surface area contributed by atoms with Crippen LogP contribution >= 0.6 is 0 Å². The number of carboxylic acid groups (broad SMARTS) is 1. The van der Waals surface area contributed by atoms with Gasteiger partial charge in [-0.15, -0.1) is 0 Å². The zero-order valence-corrected chi connectivity index (χ0v) is 11.5. The smallest absolute Gasteiger partial charge is 0.326 e. The normalized spacial score (nSPS) is 15.8. The average Bonchev–Trinajstić information content (AvgIpc) is 2.91. The first-order valence-electron chi connectivity index (χ1n) is 6.58. The second kappa shape index (κ2) is 7.68. The van der Waals surface area contributed by atoms with Crippen LogP contribution in [0.15, 0.2) is 0 Å². The maximum Gasteiger partial charge on any atom is 0.326 e. The number of carbonyl (C=O) groups excluding carboxylic acids is 2. The van der Waals surface area contributed by atoms with E-state index in [4.69, 9.17) is 10.2 Å². The Hall–Kier alpha value is -1.83. The highest BCUT2D eigenvalue weighted by atomic mass is 16.4. The summed E-state index contributed by atoms with van der Waals surface area (Å²) < 4.78 is 0. The predicted octanol–water partition coefficient (Wildman–Crippen LogP) is -0.914. The Morgan fingerprint density at radius 2 is 1.90 bits per heavy atom. The van der Waals surface area contributed by atoms with Gasteiger partial charge in [0, 0.05) is 33.2 Å². The maximum atomic E-state index is 11.9. The number of aliphatic hydroxyl groups excluding tert-OH is 1. The van der Waals surface area contributed by atoms with Crippen molar-refractivity contribution in [2.45, 2.75) is 25.3 Å². The van der Waals surface area contributed by atoms with Crippen LogP contribution in [-0.4, -0.2) is 77.3 Å². The molecule has 0 aromatic heterocycles. The van der Waals surface area contributed by atoms with E-state index in [1.807, 2.05) is 0 Å².